The smallest absolute Gasteiger partial charge is 0.231 e. The molecular formula is C16H16ClN3O2. The molecule has 0 radical (unpaired) electrons. The number of benzene rings is 1. The molecule has 1 atom stereocenters. The van der Waals surface area contributed by atoms with Gasteiger partial charge in [0.2, 0.25) is 11.8 Å². The average molecular weight is 318 g/mol. The number of amides is 2. The van der Waals surface area contributed by atoms with Crippen molar-refractivity contribution in [2.75, 3.05) is 10.6 Å². The van der Waals surface area contributed by atoms with Crippen molar-refractivity contribution >= 4 is 34.8 Å². The predicted molar refractivity (Wildman–Crippen MR) is 87.0 cm³/mol. The Labute approximate surface area is 133 Å². The maximum Gasteiger partial charge on any atom is 0.231 e. The molecule has 0 fully saturated rings. The number of halogens is 1. The highest BCUT2D eigenvalue weighted by atomic mass is 35.5. The Morgan fingerprint density at radius 1 is 1.18 bits per heavy atom. The molecule has 0 saturated carbocycles. The van der Waals surface area contributed by atoms with E-state index in [2.05, 4.69) is 15.6 Å². The van der Waals surface area contributed by atoms with E-state index in [0.717, 1.165) is 5.56 Å². The van der Waals surface area contributed by atoms with Gasteiger partial charge in [-0.05, 0) is 30.7 Å². The van der Waals surface area contributed by atoms with Gasteiger partial charge in [-0.25, -0.2) is 0 Å². The molecule has 5 nitrogen and oxygen atoms in total. The number of pyridine rings is 1. The van der Waals surface area contributed by atoms with Crippen LogP contribution < -0.4 is 10.6 Å². The van der Waals surface area contributed by atoms with Crippen LogP contribution >= 0.6 is 11.6 Å². The van der Waals surface area contributed by atoms with Gasteiger partial charge in [0.1, 0.15) is 0 Å². The van der Waals surface area contributed by atoms with Gasteiger partial charge in [-0.15, -0.1) is 0 Å². The lowest BCUT2D eigenvalue weighted by atomic mass is 10.0. The fourth-order valence-electron chi connectivity index (χ4n) is 1.96. The zero-order valence-electron chi connectivity index (χ0n) is 12.3. The Hall–Kier alpha value is -2.40. The fraction of sp³-hybridized carbons (Fsp3) is 0.188. The Bertz CT molecular complexity index is 703. The van der Waals surface area contributed by atoms with Gasteiger partial charge in [0.25, 0.3) is 0 Å². The first-order valence-corrected chi connectivity index (χ1v) is 7.13. The minimum atomic E-state index is -0.385. The molecule has 0 aliphatic carbocycles. The number of nitrogens with one attached hydrogen (secondary N) is 2. The lowest BCUT2D eigenvalue weighted by Gasteiger charge is -2.15. The van der Waals surface area contributed by atoms with Crippen LogP contribution in [0.15, 0.2) is 42.7 Å². The molecule has 0 spiro atoms. The number of nitrogens with zero attached hydrogens (tertiary/aromatic N) is 1. The van der Waals surface area contributed by atoms with Gasteiger partial charge in [0, 0.05) is 18.1 Å². The van der Waals surface area contributed by atoms with Crippen molar-refractivity contribution in [1.82, 2.24) is 4.98 Å². The van der Waals surface area contributed by atoms with Crippen molar-refractivity contribution in [2.45, 2.75) is 19.8 Å². The number of rotatable bonds is 4. The van der Waals surface area contributed by atoms with Crippen LogP contribution in [0.1, 0.15) is 25.3 Å². The van der Waals surface area contributed by atoms with Crippen molar-refractivity contribution < 1.29 is 9.59 Å². The zero-order valence-corrected chi connectivity index (χ0v) is 13.0. The van der Waals surface area contributed by atoms with Gasteiger partial charge in [-0.2, -0.15) is 0 Å². The molecule has 0 aliphatic rings. The van der Waals surface area contributed by atoms with Crippen molar-refractivity contribution in [1.29, 1.82) is 0 Å². The van der Waals surface area contributed by atoms with Gasteiger partial charge in [0.15, 0.2) is 0 Å². The molecule has 2 N–H and O–H groups in total. The lowest BCUT2D eigenvalue weighted by Crippen LogP contribution is -2.20. The summed E-state index contributed by atoms with van der Waals surface area (Å²) in [6.45, 7) is 3.19. The Balaban J connectivity index is 2.17. The average Bonchev–Trinajstić information content (AvgIpc) is 2.48. The Morgan fingerprint density at radius 2 is 1.95 bits per heavy atom. The summed E-state index contributed by atoms with van der Waals surface area (Å²) in [5.41, 5.74) is 1.78. The molecule has 0 bridgehead atoms. The van der Waals surface area contributed by atoms with Crippen LogP contribution in [-0.2, 0) is 9.59 Å². The van der Waals surface area contributed by atoms with Crippen LogP contribution in [0.3, 0.4) is 0 Å². The van der Waals surface area contributed by atoms with Crippen molar-refractivity contribution in [3.63, 3.8) is 0 Å². The Morgan fingerprint density at radius 3 is 2.64 bits per heavy atom. The molecular weight excluding hydrogens is 302 g/mol. The van der Waals surface area contributed by atoms with Crippen LogP contribution in [-0.4, -0.2) is 16.8 Å². The minimum absolute atomic E-state index is 0.207. The second-order valence-electron chi connectivity index (χ2n) is 4.87. The normalized spacial score (nSPS) is 11.6. The van der Waals surface area contributed by atoms with E-state index < -0.39 is 0 Å². The van der Waals surface area contributed by atoms with Gasteiger partial charge >= 0.3 is 0 Å². The van der Waals surface area contributed by atoms with Crippen LogP contribution in [0.25, 0.3) is 0 Å². The van der Waals surface area contributed by atoms with Gasteiger partial charge < -0.3 is 10.6 Å². The highest BCUT2D eigenvalue weighted by Gasteiger charge is 2.17. The van der Waals surface area contributed by atoms with E-state index in [1.54, 1.807) is 37.4 Å². The molecule has 2 aromatic rings. The number of carbonyl (C=O) groups is 2. The molecule has 0 saturated heterocycles. The monoisotopic (exact) mass is 317 g/mol. The fourth-order valence-corrected chi connectivity index (χ4v) is 2.16. The second kappa shape index (κ2) is 7.04. The maximum absolute atomic E-state index is 12.4. The summed E-state index contributed by atoms with van der Waals surface area (Å²) >= 11 is 5.95. The van der Waals surface area contributed by atoms with E-state index in [1.165, 1.54) is 13.1 Å². The van der Waals surface area contributed by atoms with Crippen LogP contribution in [0.4, 0.5) is 11.4 Å². The largest absolute Gasteiger partial charge is 0.324 e. The van der Waals surface area contributed by atoms with Crippen LogP contribution in [0.2, 0.25) is 5.02 Å². The first-order valence-electron chi connectivity index (χ1n) is 6.75. The predicted octanol–water partition coefficient (Wildman–Crippen LogP) is 3.44. The molecule has 2 rings (SSSR count). The molecule has 2 amide bonds. The van der Waals surface area contributed by atoms with E-state index >= 15 is 0 Å². The van der Waals surface area contributed by atoms with E-state index in [1.807, 2.05) is 6.07 Å². The molecule has 1 heterocycles. The van der Waals surface area contributed by atoms with Crippen LogP contribution in [0, 0.1) is 0 Å². The van der Waals surface area contributed by atoms with Gasteiger partial charge in [0.05, 0.1) is 23.5 Å². The summed E-state index contributed by atoms with van der Waals surface area (Å²) in [5.74, 6) is -0.810. The number of hydrogen-bond donors (Lipinski definition) is 2. The molecule has 0 aliphatic heterocycles. The highest BCUT2D eigenvalue weighted by molar-refractivity contribution is 6.30. The zero-order chi connectivity index (χ0) is 16.1. The third-order valence-corrected chi connectivity index (χ3v) is 3.37. The lowest BCUT2D eigenvalue weighted by molar-refractivity contribution is -0.117. The van der Waals surface area contributed by atoms with Crippen molar-refractivity contribution in [3.05, 3.63) is 53.3 Å². The number of carbonyl (C=O) groups excluding carboxylic acids is 2. The number of anilines is 2. The molecule has 1 aromatic carbocycles. The summed E-state index contributed by atoms with van der Waals surface area (Å²) < 4.78 is 0. The number of hydrogen-bond acceptors (Lipinski definition) is 3. The van der Waals surface area contributed by atoms with E-state index in [9.17, 15) is 9.59 Å². The molecule has 6 heteroatoms. The van der Waals surface area contributed by atoms with Gasteiger partial charge in [-0.3, -0.25) is 14.6 Å². The van der Waals surface area contributed by atoms with Gasteiger partial charge in [-0.1, -0.05) is 23.7 Å². The van der Waals surface area contributed by atoms with Crippen molar-refractivity contribution in [3.8, 4) is 0 Å². The molecule has 22 heavy (non-hydrogen) atoms. The van der Waals surface area contributed by atoms with E-state index in [0.29, 0.717) is 16.4 Å². The van der Waals surface area contributed by atoms with Crippen molar-refractivity contribution in [2.24, 2.45) is 0 Å². The highest BCUT2D eigenvalue weighted by Crippen LogP contribution is 2.24. The first kappa shape index (κ1) is 16.0. The molecule has 1 aromatic heterocycles. The number of aromatic nitrogens is 1. The summed E-state index contributed by atoms with van der Waals surface area (Å²) in [7, 11) is 0. The van der Waals surface area contributed by atoms with E-state index in [4.69, 9.17) is 11.6 Å². The Kier molecular flexibility index (Phi) is 5.12. The minimum Gasteiger partial charge on any atom is -0.324 e. The summed E-state index contributed by atoms with van der Waals surface area (Å²) in [4.78, 5) is 27.5. The van der Waals surface area contributed by atoms with E-state index in [-0.39, 0.29) is 17.7 Å². The van der Waals surface area contributed by atoms with Crippen LogP contribution in [0.5, 0.6) is 0 Å². The summed E-state index contributed by atoms with van der Waals surface area (Å²) in [6, 6.07) is 8.78. The quantitative estimate of drug-likeness (QED) is 0.907. The molecule has 114 valence electrons. The summed E-state index contributed by atoms with van der Waals surface area (Å²) in [6.07, 6.45) is 3.04. The SMILES string of the molecule is CC(=O)Nc1ccncc1NC(=O)C(C)c1cccc(Cl)c1. The molecule has 1 unspecified atom stereocenters. The first-order chi connectivity index (χ1) is 10.5. The standard InChI is InChI=1S/C16H16ClN3O2/c1-10(12-4-3-5-13(17)8-12)16(22)20-15-9-18-7-6-14(15)19-11(2)21/h3-10H,1-2H3,(H,20,22)(H,18,19,21). The topological polar surface area (TPSA) is 71.1 Å². The summed E-state index contributed by atoms with van der Waals surface area (Å²) in [5, 5.41) is 6.01. The second-order valence-corrected chi connectivity index (χ2v) is 5.30. The third kappa shape index (κ3) is 4.05. The maximum atomic E-state index is 12.4. The third-order valence-electron chi connectivity index (χ3n) is 3.13.